The van der Waals surface area contributed by atoms with Gasteiger partial charge in [-0.25, -0.2) is 13.2 Å². The maximum Gasteiger partial charge on any atom is 0.327 e. The molecule has 3 N–H and O–H groups in total. The molecule has 35 heavy (non-hydrogen) atoms. The number of carboxylic acids is 1. The van der Waals surface area contributed by atoms with Crippen LogP contribution in [0.2, 0.25) is 10.0 Å². The van der Waals surface area contributed by atoms with Crippen molar-refractivity contribution < 1.29 is 23.1 Å². The van der Waals surface area contributed by atoms with Gasteiger partial charge in [0.1, 0.15) is 6.04 Å². The molecule has 186 valence electrons. The first-order valence-electron chi connectivity index (χ1n) is 11.1. The molecule has 1 amide bonds. The van der Waals surface area contributed by atoms with Gasteiger partial charge in [-0.2, -0.15) is 0 Å². The van der Waals surface area contributed by atoms with E-state index in [2.05, 4.69) is 0 Å². The number of aryl methyl sites for hydroxylation is 1. The Bertz CT molecular complexity index is 1370. The number of carbonyl (C=O) groups is 2. The minimum Gasteiger partial charge on any atom is -0.480 e. The summed E-state index contributed by atoms with van der Waals surface area (Å²) in [7, 11) is -4.57. The number of halogens is 2. The normalized spacial score (nSPS) is 12.5. The van der Waals surface area contributed by atoms with E-state index < -0.39 is 27.9 Å². The Kier molecular flexibility index (Phi) is 8.30. The number of carboxylic acid groups (broad SMARTS) is 1. The van der Waals surface area contributed by atoms with Crippen molar-refractivity contribution in [2.45, 2.75) is 50.5 Å². The molecule has 0 spiro atoms. The van der Waals surface area contributed by atoms with E-state index in [0.29, 0.717) is 35.6 Å². The molecule has 0 fully saturated rings. The van der Waals surface area contributed by atoms with Crippen LogP contribution in [0.15, 0.2) is 53.4 Å². The SMILES string of the molecule is CCCCC(C(=O)O)N(c1c(C(N)=O)c(CC)cc2ccccc12)S(=O)(=O)c1cc(Cl)cc(Cl)c1. The lowest BCUT2D eigenvalue weighted by molar-refractivity contribution is -0.138. The molecule has 10 heteroatoms. The van der Waals surface area contributed by atoms with Gasteiger partial charge in [-0.1, -0.05) is 80.2 Å². The maximum atomic E-state index is 14.2. The van der Waals surface area contributed by atoms with Crippen LogP contribution in [-0.2, 0) is 21.2 Å². The second kappa shape index (κ2) is 10.8. The molecule has 0 aliphatic rings. The lowest BCUT2D eigenvalue weighted by Gasteiger charge is -2.33. The summed E-state index contributed by atoms with van der Waals surface area (Å²) >= 11 is 12.2. The highest BCUT2D eigenvalue weighted by atomic mass is 35.5. The van der Waals surface area contributed by atoms with Gasteiger partial charge in [0.15, 0.2) is 0 Å². The zero-order valence-electron chi connectivity index (χ0n) is 19.3. The largest absolute Gasteiger partial charge is 0.480 e. The number of nitrogens with two attached hydrogens (primary N) is 1. The second-order valence-corrected chi connectivity index (χ2v) is 10.8. The fourth-order valence-electron chi connectivity index (χ4n) is 4.14. The minimum absolute atomic E-state index is 0.0161. The molecule has 0 aliphatic heterocycles. The first-order chi connectivity index (χ1) is 16.5. The third-order valence-electron chi connectivity index (χ3n) is 5.74. The van der Waals surface area contributed by atoms with Crippen LogP contribution in [0, 0.1) is 0 Å². The maximum absolute atomic E-state index is 14.2. The number of nitrogens with zero attached hydrogens (tertiary/aromatic N) is 1. The van der Waals surface area contributed by atoms with Crippen molar-refractivity contribution in [1.29, 1.82) is 0 Å². The highest BCUT2D eigenvalue weighted by Crippen LogP contribution is 2.40. The van der Waals surface area contributed by atoms with E-state index in [1.54, 1.807) is 30.3 Å². The van der Waals surface area contributed by atoms with Crippen LogP contribution in [0.1, 0.15) is 49.0 Å². The van der Waals surface area contributed by atoms with E-state index in [-0.39, 0.29) is 32.6 Å². The predicted octanol–water partition coefficient (Wildman–Crippen LogP) is 5.65. The minimum atomic E-state index is -4.57. The number of hydrogen-bond donors (Lipinski definition) is 2. The molecule has 0 radical (unpaired) electrons. The van der Waals surface area contributed by atoms with Gasteiger partial charge in [-0.05, 0) is 42.0 Å². The van der Waals surface area contributed by atoms with E-state index in [9.17, 15) is 23.1 Å². The van der Waals surface area contributed by atoms with Crippen LogP contribution in [0.25, 0.3) is 10.8 Å². The van der Waals surface area contributed by atoms with E-state index in [0.717, 1.165) is 4.31 Å². The second-order valence-electron chi connectivity index (χ2n) is 8.10. The summed E-state index contributed by atoms with van der Waals surface area (Å²) < 4.78 is 29.1. The molecule has 0 aliphatic carbocycles. The number of primary amides is 1. The molecule has 1 unspecified atom stereocenters. The number of amides is 1. The zero-order valence-corrected chi connectivity index (χ0v) is 21.6. The van der Waals surface area contributed by atoms with Gasteiger partial charge in [0, 0.05) is 15.4 Å². The van der Waals surface area contributed by atoms with Crippen LogP contribution < -0.4 is 10.0 Å². The zero-order chi connectivity index (χ0) is 25.9. The van der Waals surface area contributed by atoms with Crippen molar-refractivity contribution >= 4 is 61.6 Å². The molecule has 0 saturated heterocycles. The molecule has 0 bridgehead atoms. The molecule has 3 rings (SSSR count). The third kappa shape index (κ3) is 5.39. The molecule has 0 aromatic heterocycles. The monoisotopic (exact) mass is 536 g/mol. The number of aliphatic carboxylic acids is 1. The summed E-state index contributed by atoms with van der Waals surface area (Å²) in [6.45, 7) is 3.68. The fraction of sp³-hybridized carbons (Fsp3) is 0.280. The van der Waals surface area contributed by atoms with Crippen LogP contribution in [-0.4, -0.2) is 31.4 Å². The standard InChI is InChI=1S/C25H26Cl2N2O5S/c1-3-5-10-21(25(31)32)29(35(33,34)19-13-17(26)12-18(27)14-19)23-20-9-7-6-8-16(20)11-15(4-2)22(23)24(28)30/h6-9,11-14,21H,3-5,10H2,1-2H3,(H2,28,30)(H,31,32). The first kappa shape index (κ1) is 26.8. The molecule has 7 nitrogen and oxygen atoms in total. The molecular formula is C25H26Cl2N2O5S. The first-order valence-corrected chi connectivity index (χ1v) is 13.3. The van der Waals surface area contributed by atoms with Crippen molar-refractivity contribution in [3.8, 4) is 0 Å². The number of fused-ring (bicyclic) bond motifs is 1. The van der Waals surface area contributed by atoms with Crippen LogP contribution in [0.4, 0.5) is 5.69 Å². The van der Waals surface area contributed by atoms with Crippen molar-refractivity contribution in [2.75, 3.05) is 4.31 Å². The Hall–Kier alpha value is -2.81. The Balaban J connectivity index is 2.52. The van der Waals surface area contributed by atoms with Gasteiger partial charge < -0.3 is 10.8 Å². The lowest BCUT2D eigenvalue weighted by Crippen LogP contribution is -2.46. The van der Waals surface area contributed by atoms with Crippen LogP contribution >= 0.6 is 23.2 Å². The van der Waals surface area contributed by atoms with Gasteiger partial charge >= 0.3 is 5.97 Å². The highest BCUT2D eigenvalue weighted by molar-refractivity contribution is 7.93. The summed E-state index contributed by atoms with van der Waals surface area (Å²) in [6.07, 6.45) is 1.47. The molecule has 3 aromatic carbocycles. The summed E-state index contributed by atoms with van der Waals surface area (Å²) in [4.78, 5) is 25.0. The molecule has 0 heterocycles. The Labute approximate surface area is 214 Å². The Morgan fingerprint density at radius 2 is 1.69 bits per heavy atom. The number of carbonyl (C=O) groups excluding carboxylic acids is 1. The van der Waals surface area contributed by atoms with Crippen LogP contribution in [0.5, 0.6) is 0 Å². The molecule has 3 aromatic rings. The molecular weight excluding hydrogens is 511 g/mol. The number of hydrogen-bond acceptors (Lipinski definition) is 4. The van der Waals surface area contributed by atoms with E-state index in [1.807, 2.05) is 13.8 Å². The van der Waals surface area contributed by atoms with E-state index >= 15 is 0 Å². The van der Waals surface area contributed by atoms with Crippen molar-refractivity contribution in [2.24, 2.45) is 5.73 Å². The predicted molar refractivity (Wildman–Crippen MR) is 139 cm³/mol. The summed E-state index contributed by atoms with van der Waals surface area (Å²) in [5, 5.41) is 11.4. The van der Waals surface area contributed by atoms with Gasteiger partial charge in [0.2, 0.25) is 0 Å². The van der Waals surface area contributed by atoms with Gasteiger partial charge in [-0.15, -0.1) is 0 Å². The number of anilines is 1. The summed E-state index contributed by atoms with van der Waals surface area (Å²) in [5.41, 5.74) is 6.19. The van der Waals surface area contributed by atoms with Gasteiger partial charge in [0.05, 0.1) is 16.1 Å². The van der Waals surface area contributed by atoms with Crippen molar-refractivity contribution in [3.05, 3.63) is 69.7 Å². The third-order valence-corrected chi connectivity index (χ3v) is 7.97. The van der Waals surface area contributed by atoms with Gasteiger partial charge in [0.25, 0.3) is 15.9 Å². The number of benzene rings is 3. The lowest BCUT2D eigenvalue weighted by atomic mass is 9.95. The Morgan fingerprint density at radius 1 is 1.06 bits per heavy atom. The van der Waals surface area contributed by atoms with Crippen molar-refractivity contribution in [1.82, 2.24) is 0 Å². The highest BCUT2D eigenvalue weighted by Gasteiger charge is 2.39. The van der Waals surface area contributed by atoms with Crippen molar-refractivity contribution in [3.63, 3.8) is 0 Å². The van der Waals surface area contributed by atoms with E-state index in [4.69, 9.17) is 28.9 Å². The average Bonchev–Trinajstić information content (AvgIpc) is 2.79. The summed E-state index contributed by atoms with van der Waals surface area (Å²) in [6, 6.07) is 10.9. The fourth-order valence-corrected chi connectivity index (χ4v) is 6.54. The smallest absolute Gasteiger partial charge is 0.327 e. The average molecular weight is 537 g/mol. The number of sulfonamides is 1. The number of unbranched alkanes of at least 4 members (excludes halogenated alkanes) is 1. The molecule has 0 saturated carbocycles. The van der Waals surface area contributed by atoms with Gasteiger partial charge in [-0.3, -0.25) is 9.10 Å². The molecule has 1 atom stereocenters. The summed E-state index contributed by atoms with van der Waals surface area (Å²) in [5.74, 6) is -2.21. The van der Waals surface area contributed by atoms with Crippen LogP contribution in [0.3, 0.4) is 0 Å². The quantitative estimate of drug-likeness (QED) is 0.347. The topological polar surface area (TPSA) is 118 Å². The number of rotatable bonds is 10. The Morgan fingerprint density at radius 3 is 2.23 bits per heavy atom. The van der Waals surface area contributed by atoms with E-state index in [1.165, 1.54) is 18.2 Å².